The molecule has 1 N–H and O–H groups in total. The molecule has 1 saturated heterocycles. The zero-order valence-electron chi connectivity index (χ0n) is 16.0. The van der Waals surface area contributed by atoms with Gasteiger partial charge >= 0.3 is 0 Å². The molecule has 1 aliphatic heterocycles. The summed E-state index contributed by atoms with van der Waals surface area (Å²) in [6.07, 6.45) is 4.60. The van der Waals surface area contributed by atoms with Crippen molar-refractivity contribution in [3.8, 4) is 5.75 Å². The number of ether oxygens (including phenoxy) is 1. The Labute approximate surface area is 164 Å². The van der Waals surface area contributed by atoms with E-state index >= 15 is 0 Å². The molecule has 3 aromatic rings. The van der Waals surface area contributed by atoms with Crippen molar-refractivity contribution in [1.29, 1.82) is 0 Å². The Hall–Kier alpha value is -2.79. The van der Waals surface area contributed by atoms with Crippen molar-refractivity contribution in [2.24, 2.45) is 0 Å². The molecule has 1 aliphatic rings. The number of rotatable bonds is 5. The number of halogens is 1. The Kier molecular flexibility index (Phi) is 5.35. The average Bonchev–Trinajstić information content (AvgIpc) is 3.18. The van der Waals surface area contributed by atoms with Crippen LogP contribution in [0.5, 0.6) is 5.75 Å². The zero-order chi connectivity index (χ0) is 19.5. The molecule has 5 heteroatoms. The minimum absolute atomic E-state index is 0.142. The maximum absolute atomic E-state index is 13.1. The highest BCUT2D eigenvalue weighted by Gasteiger charge is 2.29. The number of β-amino-alcohol motifs (C(OH)–C–C–N with tert-alkyl or cyclic N) is 1. The SMILES string of the molecule is COc1ccc([C@@H]2CCN(c3ccn(Cc4ccc(F)cc4)c3)C[C@H]2O)cc1. The lowest BCUT2D eigenvalue weighted by Crippen LogP contribution is -2.42. The van der Waals surface area contributed by atoms with E-state index in [9.17, 15) is 9.50 Å². The molecule has 2 atom stereocenters. The molecule has 0 unspecified atom stereocenters. The third-order valence-electron chi connectivity index (χ3n) is 5.50. The predicted molar refractivity (Wildman–Crippen MR) is 109 cm³/mol. The van der Waals surface area contributed by atoms with Crippen molar-refractivity contribution >= 4 is 5.69 Å². The third kappa shape index (κ3) is 4.04. The van der Waals surface area contributed by atoms with Gasteiger partial charge in [-0.3, -0.25) is 0 Å². The Bertz CT molecular complexity index is 905. The molecule has 146 valence electrons. The normalized spacial score (nSPS) is 19.6. The van der Waals surface area contributed by atoms with Crippen molar-refractivity contribution in [1.82, 2.24) is 4.57 Å². The Morgan fingerprint density at radius 1 is 1.07 bits per heavy atom. The number of aromatic nitrogens is 1. The van der Waals surface area contributed by atoms with Gasteiger partial charge in [0.1, 0.15) is 11.6 Å². The van der Waals surface area contributed by atoms with E-state index in [0.29, 0.717) is 13.1 Å². The summed E-state index contributed by atoms with van der Waals surface area (Å²) in [7, 11) is 1.66. The van der Waals surface area contributed by atoms with Gasteiger partial charge in [-0.25, -0.2) is 4.39 Å². The van der Waals surface area contributed by atoms with Gasteiger partial charge in [-0.05, 0) is 47.9 Å². The summed E-state index contributed by atoms with van der Waals surface area (Å²) in [5, 5.41) is 10.7. The van der Waals surface area contributed by atoms with Crippen LogP contribution in [0, 0.1) is 5.82 Å². The van der Waals surface area contributed by atoms with Gasteiger partial charge in [-0.1, -0.05) is 24.3 Å². The number of anilines is 1. The van der Waals surface area contributed by atoms with E-state index < -0.39 is 6.10 Å². The van der Waals surface area contributed by atoms with Crippen LogP contribution in [0.15, 0.2) is 67.0 Å². The van der Waals surface area contributed by atoms with Gasteiger partial charge in [0.05, 0.1) is 18.9 Å². The molecule has 28 heavy (non-hydrogen) atoms. The van der Waals surface area contributed by atoms with E-state index in [1.54, 1.807) is 19.2 Å². The van der Waals surface area contributed by atoms with Crippen molar-refractivity contribution in [2.75, 3.05) is 25.1 Å². The van der Waals surface area contributed by atoms with Crippen molar-refractivity contribution in [3.05, 3.63) is 83.9 Å². The molecule has 2 heterocycles. The average molecular weight is 380 g/mol. The lowest BCUT2D eigenvalue weighted by Gasteiger charge is -2.37. The summed E-state index contributed by atoms with van der Waals surface area (Å²) >= 11 is 0. The van der Waals surface area contributed by atoms with Crippen LogP contribution in [-0.2, 0) is 6.54 Å². The first kappa shape index (κ1) is 18.6. The van der Waals surface area contributed by atoms with Crippen LogP contribution in [0.3, 0.4) is 0 Å². The quantitative estimate of drug-likeness (QED) is 0.726. The number of nitrogens with zero attached hydrogens (tertiary/aromatic N) is 2. The largest absolute Gasteiger partial charge is 0.497 e. The van der Waals surface area contributed by atoms with Gasteiger partial charge in [0, 0.05) is 37.9 Å². The summed E-state index contributed by atoms with van der Waals surface area (Å²) in [6.45, 7) is 2.21. The van der Waals surface area contributed by atoms with E-state index in [0.717, 1.165) is 35.5 Å². The van der Waals surface area contributed by atoms with E-state index in [1.807, 2.05) is 30.5 Å². The van der Waals surface area contributed by atoms with Crippen LogP contribution in [-0.4, -0.2) is 36.0 Å². The number of aliphatic hydroxyl groups is 1. The van der Waals surface area contributed by atoms with Gasteiger partial charge in [0.25, 0.3) is 0 Å². The minimum atomic E-state index is -0.414. The highest BCUT2D eigenvalue weighted by molar-refractivity contribution is 5.46. The van der Waals surface area contributed by atoms with Crippen LogP contribution < -0.4 is 9.64 Å². The van der Waals surface area contributed by atoms with Crippen LogP contribution >= 0.6 is 0 Å². The first-order chi connectivity index (χ1) is 13.6. The summed E-state index contributed by atoms with van der Waals surface area (Å²) in [5.74, 6) is 0.757. The summed E-state index contributed by atoms with van der Waals surface area (Å²) < 4.78 is 20.4. The Balaban J connectivity index is 1.40. The number of piperidine rings is 1. The zero-order valence-corrected chi connectivity index (χ0v) is 16.0. The van der Waals surface area contributed by atoms with Gasteiger partial charge in [-0.2, -0.15) is 0 Å². The van der Waals surface area contributed by atoms with Crippen LogP contribution in [0.1, 0.15) is 23.5 Å². The van der Waals surface area contributed by atoms with Crippen LogP contribution in [0.4, 0.5) is 10.1 Å². The maximum atomic E-state index is 13.1. The van der Waals surface area contributed by atoms with Crippen LogP contribution in [0.2, 0.25) is 0 Å². The Morgan fingerprint density at radius 2 is 1.82 bits per heavy atom. The molecule has 4 nitrogen and oxygen atoms in total. The second kappa shape index (κ2) is 8.07. The van der Waals surface area contributed by atoms with E-state index in [1.165, 1.54) is 12.1 Å². The molecule has 0 radical (unpaired) electrons. The molecule has 1 fully saturated rings. The lowest BCUT2D eigenvalue weighted by molar-refractivity contribution is 0.130. The third-order valence-corrected chi connectivity index (χ3v) is 5.50. The second-order valence-corrected chi connectivity index (χ2v) is 7.35. The topological polar surface area (TPSA) is 37.6 Å². The van der Waals surface area contributed by atoms with Crippen molar-refractivity contribution < 1.29 is 14.2 Å². The molecule has 0 amide bonds. The predicted octanol–water partition coefficient (Wildman–Crippen LogP) is 4.04. The summed E-state index contributed by atoms with van der Waals surface area (Å²) in [5.41, 5.74) is 3.32. The maximum Gasteiger partial charge on any atom is 0.123 e. The fraction of sp³-hybridized carbons (Fsp3) is 0.304. The molecular weight excluding hydrogens is 355 g/mol. The number of hydrogen-bond acceptors (Lipinski definition) is 3. The fourth-order valence-corrected chi connectivity index (χ4v) is 3.92. The molecule has 4 rings (SSSR count). The van der Waals surface area contributed by atoms with Crippen LogP contribution in [0.25, 0.3) is 0 Å². The lowest BCUT2D eigenvalue weighted by atomic mass is 9.87. The summed E-state index contributed by atoms with van der Waals surface area (Å²) in [4.78, 5) is 2.23. The monoisotopic (exact) mass is 380 g/mol. The summed E-state index contributed by atoms with van der Waals surface area (Å²) in [6, 6.07) is 16.6. The van der Waals surface area contributed by atoms with E-state index in [2.05, 4.69) is 21.7 Å². The Morgan fingerprint density at radius 3 is 2.50 bits per heavy atom. The smallest absolute Gasteiger partial charge is 0.123 e. The highest BCUT2D eigenvalue weighted by Crippen LogP contribution is 2.32. The van der Waals surface area contributed by atoms with Gasteiger partial charge < -0.3 is 19.3 Å². The van der Waals surface area contributed by atoms with E-state index in [4.69, 9.17) is 4.74 Å². The molecule has 0 bridgehead atoms. The number of methoxy groups -OCH3 is 1. The molecular formula is C23H25FN2O2. The van der Waals surface area contributed by atoms with Gasteiger partial charge in [0.2, 0.25) is 0 Å². The van der Waals surface area contributed by atoms with Crippen molar-refractivity contribution in [3.63, 3.8) is 0 Å². The molecule has 2 aromatic carbocycles. The molecule has 0 spiro atoms. The molecule has 0 aliphatic carbocycles. The number of aliphatic hydroxyl groups excluding tert-OH is 1. The van der Waals surface area contributed by atoms with Gasteiger partial charge in [-0.15, -0.1) is 0 Å². The first-order valence-corrected chi connectivity index (χ1v) is 9.59. The molecule has 0 saturated carbocycles. The minimum Gasteiger partial charge on any atom is -0.497 e. The fourth-order valence-electron chi connectivity index (χ4n) is 3.92. The van der Waals surface area contributed by atoms with Crippen molar-refractivity contribution in [2.45, 2.75) is 25.0 Å². The standard InChI is InChI=1S/C23H25FN2O2/c1-28-21-8-4-18(5-9-21)22-11-13-26(16-23(22)27)20-10-12-25(15-20)14-17-2-6-19(24)7-3-17/h2-10,12,15,22-23,27H,11,13-14,16H2,1H3/t22-,23+/m0/s1. The highest BCUT2D eigenvalue weighted by atomic mass is 19.1. The van der Waals surface area contributed by atoms with E-state index in [-0.39, 0.29) is 11.7 Å². The first-order valence-electron chi connectivity index (χ1n) is 9.59. The number of benzene rings is 2. The second-order valence-electron chi connectivity index (χ2n) is 7.35. The number of hydrogen-bond donors (Lipinski definition) is 1. The van der Waals surface area contributed by atoms with Gasteiger partial charge in [0.15, 0.2) is 0 Å². The molecule has 1 aromatic heterocycles.